The van der Waals surface area contributed by atoms with Crippen molar-refractivity contribution in [1.29, 1.82) is 0 Å². The minimum atomic E-state index is 0.130. The van der Waals surface area contributed by atoms with Crippen LogP contribution in [-0.4, -0.2) is 5.78 Å². The van der Waals surface area contributed by atoms with Crippen molar-refractivity contribution in [2.75, 3.05) is 0 Å². The Bertz CT molecular complexity index is 366. The molecule has 0 N–H and O–H groups in total. The highest BCUT2D eigenvalue weighted by Crippen LogP contribution is 2.23. The summed E-state index contributed by atoms with van der Waals surface area (Å²) < 4.78 is 0. The van der Waals surface area contributed by atoms with E-state index in [4.69, 9.17) is 0 Å². The van der Waals surface area contributed by atoms with E-state index in [0.29, 0.717) is 0 Å². The van der Waals surface area contributed by atoms with Crippen molar-refractivity contribution in [3.63, 3.8) is 0 Å². The van der Waals surface area contributed by atoms with Crippen molar-refractivity contribution in [2.24, 2.45) is 0 Å². The van der Waals surface area contributed by atoms with Gasteiger partial charge in [0.2, 0.25) is 0 Å². The molecule has 1 nitrogen and oxygen atoms in total. The largest absolute Gasteiger partial charge is 0.295 e. The number of rotatable bonds is 2. The Morgan fingerprint density at radius 1 is 1.21 bits per heavy atom. The van der Waals surface area contributed by atoms with Crippen molar-refractivity contribution in [1.82, 2.24) is 0 Å². The van der Waals surface area contributed by atoms with Crippen LogP contribution in [0.4, 0.5) is 0 Å². The molecule has 0 heterocycles. The number of hydrogen-bond acceptors (Lipinski definition) is 1. The second-order valence-corrected chi connectivity index (χ2v) is 3.53. The van der Waals surface area contributed by atoms with E-state index in [0.717, 1.165) is 22.3 Å². The predicted molar refractivity (Wildman–Crippen MR) is 60.2 cm³/mol. The SMILES string of the molecule is C/C=C(/C(C)=O)c1c(C)cccc1C. The molecule has 14 heavy (non-hydrogen) atoms. The summed E-state index contributed by atoms with van der Waals surface area (Å²) in [6, 6.07) is 6.09. The quantitative estimate of drug-likeness (QED) is 0.651. The molecule has 0 amide bonds. The lowest BCUT2D eigenvalue weighted by Gasteiger charge is -2.10. The Morgan fingerprint density at radius 3 is 2.07 bits per heavy atom. The lowest BCUT2D eigenvalue weighted by molar-refractivity contribution is -0.111. The van der Waals surface area contributed by atoms with Crippen LogP contribution in [0.5, 0.6) is 0 Å². The van der Waals surface area contributed by atoms with Crippen LogP contribution in [0.1, 0.15) is 30.5 Å². The van der Waals surface area contributed by atoms with Crippen LogP contribution >= 0.6 is 0 Å². The van der Waals surface area contributed by atoms with E-state index in [2.05, 4.69) is 0 Å². The number of carbonyl (C=O) groups excluding carboxylic acids is 1. The zero-order chi connectivity index (χ0) is 10.7. The second-order valence-electron chi connectivity index (χ2n) is 3.53. The van der Waals surface area contributed by atoms with E-state index >= 15 is 0 Å². The monoisotopic (exact) mass is 188 g/mol. The highest BCUT2D eigenvalue weighted by atomic mass is 16.1. The van der Waals surface area contributed by atoms with Gasteiger partial charge >= 0.3 is 0 Å². The molecular formula is C13H16O. The van der Waals surface area contributed by atoms with E-state index < -0.39 is 0 Å². The van der Waals surface area contributed by atoms with E-state index in [1.54, 1.807) is 6.92 Å². The maximum atomic E-state index is 11.4. The summed E-state index contributed by atoms with van der Waals surface area (Å²) in [7, 11) is 0. The molecule has 0 aromatic heterocycles. The fourth-order valence-electron chi connectivity index (χ4n) is 1.76. The van der Waals surface area contributed by atoms with Gasteiger partial charge in [-0.25, -0.2) is 0 Å². The van der Waals surface area contributed by atoms with Crippen molar-refractivity contribution in [3.05, 3.63) is 41.0 Å². The molecule has 0 aliphatic heterocycles. The lowest BCUT2D eigenvalue weighted by atomic mass is 9.93. The third kappa shape index (κ3) is 1.92. The maximum Gasteiger partial charge on any atom is 0.160 e. The standard InChI is InChI=1S/C13H16O/c1-5-12(11(4)14)13-9(2)7-6-8-10(13)3/h5-8H,1-4H3/b12-5-. The molecule has 0 atom stereocenters. The Kier molecular flexibility index (Phi) is 3.23. The normalized spacial score (nSPS) is 11.6. The zero-order valence-electron chi connectivity index (χ0n) is 9.22. The first kappa shape index (κ1) is 10.7. The van der Waals surface area contributed by atoms with Crippen molar-refractivity contribution in [3.8, 4) is 0 Å². The fraction of sp³-hybridized carbons (Fsp3) is 0.308. The number of ketones is 1. The molecule has 1 rings (SSSR count). The van der Waals surface area contributed by atoms with Gasteiger partial charge in [-0.05, 0) is 44.4 Å². The summed E-state index contributed by atoms with van der Waals surface area (Å²) in [4.78, 5) is 11.4. The first-order chi connectivity index (χ1) is 6.57. The number of hydrogen-bond donors (Lipinski definition) is 0. The molecule has 0 aliphatic carbocycles. The topological polar surface area (TPSA) is 17.1 Å². The molecule has 74 valence electrons. The van der Waals surface area contributed by atoms with Gasteiger partial charge in [0, 0.05) is 5.57 Å². The molecule has 0 unspecified atom stereocenters. The molecule has 1 aromatic rings. The number of allylic oxidation sites excluding steroid dienone is 2. The summed E-state index contributed by atoms with van der Waals surface area (Å²) in [6.07, 6.45) is 1.89. The third-order valence-corrected chi connectivity index (χ3v) is 2.42. The second kappa shape index (κ2) is 4.23. The van der Waals surface area contributed by atoms with Gasteiger partial charge < -0.3 is 0 Å². The summed E-state index contributed by atoms with van der Waals surface area (Å²) >= 11 is 0. The predicted octanol–water partition coefficient (Wildman–Crippen LogP) is 3.30. The minimum Gasteiger partial charge on any atom is -0.295 e. The van der Waals surface area contributed by atoms with Crippen LogP contribution in [0.3, 0.4) is 0 Å². The summed E-state index contributed by atoms with van der Waals surface area (Å²) in [5.74, 6) is 0.130. The van der Waals surface area contributed by atoms with E-state index in [1.807, 2.05) is 45.0 Å². The summed E-state index contributed by atoms with van der Waals surface area (Å²) in [6.45, 7) is 7.59. The van der Waals surface area contributed by atoms with E-state index in [-0.39, 0.29) is 5.78 Å². The Balaban J connectivity index is 3.37. The number of benzene rings is 1. The van der Waals surface area contributed by atoms with Crippen LogP contribution in [0.15, 0.2) is 24.3 Å². The first-order valence-corrected chi connectivity index (χ1v) is 4.81. The molecular weight excluding hydrogens is 172 g/mol. The summed E-state index contributed by atoms with van der Waals surface area (Å²) in [5.41, 5.74) is 4.23. The minimum absolute atomic E-state index is 0.130. The van der Waals surface area contributed by atoms with Gasteiger partial charge in [-0.3, -0.25) is 4.79 Å². The molecule has 0 spiro atoms. The number of aryl methyl sites for hydroxylation is 2. The Labute approximate surface area is 85.5 Å². The molecule has 1 aromatic carbocycles. The van der Waals surface area contributed by atoms with Crippen molar-refractivity contribution < 1.29 is 4.79 Å². The molecule has 0 radical (unpaired) electrons. The van der Waals surface area contributed by atoms with Gasteiger partial charge in [-0.1, -0.05) is 24.3 Å². The third-order valence-electron chi connectivity index (χ3n) is 2.42. The van der Waals surface area contributed by atoms with Crippen LogP contribution in [0, 0.1) is 13.8 Å². The van der Waals surface area contributed by atoms with Gasteiger partial charge in [-0.2, -0.15) is 0 Å². The lowest BCUT2D eigenvalue weighted by Crippen LogP contribution is -2.00. The van der Waals surface area contributed by atoms with Gasteiger partial charge in [0.15, 0.2) is 5.78 Å². The Hall–Kier alpha value is -1.37. The van der Waals surface area contributed by atoms with Gasteiger partial charge in [-0.15, -0.1) is 0 Å². The van der Waals surface area contributed by atoms with Crippen LogP contribution in [0.2, 0.25) is 0 Å². The molecule has 0 bridgehead atoms. The summed E-state index contributed by atoms with van der Waals surface area (Å²) in [5, 5.41) is 0. The van der Waals surface area contributed by atoms with Crippen LogP contribution < -0.4 is 0 Å². The van der Waals surface area contributed by atoms with Crippen LogP contribution in [0.25, 0.3) is 5.57 Å². The van der Waals surface area contributed by atoms with Crippen molar-refractivity contribution in [2.45, 2.75) is 27.7 Å². The van der Waals surface area contributed by atoms with Crippen molar-refractivity contribution >= 4 is 11.4 Å². The molecule has 1 heteroatoms. The van der Waals surface area contributed by atoms with Crippen LogP contribution in [-0.2, 0) is 4.79 Å². The number of carbonyl (C=O) groups is 1. The average Bonchev–Trinajstić information content (AvgIpc) is 2.10. The van der Waals surface area contributed by atoms with E-state index in [1.165, 1.54) is 0 Å². The first-order valence-electron chi connectivity index (χ1n) is 4.81. The molecule has 0 saturated carbocycles. The van der Waals surface area contributed by atoms with Gasteiger partial charge in [0.25, 0.3) is 0 Å². The highest BCUT2D eigenvalue weighted by molar-refractivity contribution is 6.20. The molecule has 0 aliphatic rings. The maximum absolute atomic E-state index is 11.4. The smallest absolute Gasteiger partial charge is 0.160 e. The van der Waals surface area contributed by atoms with Gasteiger partial charge in [0.1, 0.15) is 0 Å². The molecule has 0 fully saturated rings. The molecule has 0 saturated heterocycles. The number of Topliss-reactive ketones (excluding diaryl/α,β-unsaturated/α-hetero) is 1. The highest BCUT2D eigenvalue weighted by Gasteiger charge is 2.10. The fourth-order valence-corrected chi connectivity index (χ4v) is 1.76. The average molecular weight is 188 g/mol. The Morgan fingerprint density at radius 2 is 1.71 bits per heavy atom. The van der Waals surface area contributed by atoms with Gasteiger partial charge in [0.05, 0.1) is 0 Å². The zero-order valence-corrected chi connectivity index (χ0v) is 9.22. The van der Waals surface area contributed by atoms with E-state index in [9.17, 15) is 4.79 Å².